The van der Waals surface area contributed by atoms with Gasteiger partial charge in [-0.05, 0) is 56.2 Å². The molecule has 1 saturated heterocycles. The molecule has 1 fully saturated rings. The summed E-state index contributed by atoms with van der Waals surface area (Å²) in [5, 5.41) is 19.0. The maximum Gasteiger partial charge on any atom is 0.573 e. The number of likely N-dealkylation sites (tertiary alicyclic amines) is 1. The number of carboxylic acid groups (broad SMARTS) is 1. The maximum atomic E-state index is 12.2. The fraction of sp³-hybridized carbons (Fsp3) is 0.636. The number of aliphatic hydroxyl groups is 1. The van der Waals surface area contributed by atoms with Crippen LogP contribution >= 0.6 is 0 Å². The number of hydrogen-bond acceptors (Lipinski definition) is 4. The van der Waals surface area contributed by atoms with Crippen LogP contribution in [0.15, 0.2) is 24.3 Å². The van der Waals surface area contributed by atoms with Crippen LogP contribution in [0.25, 0.3) is 0 Å². The van der Waals surface area contributed by atoms with Crippen molar-refractivity contribution in [2.24, 2.45) is 0 Å². The molecular formula is C22H30F3NO5. The topological polar surface area (TPSA) is 87.1 Å². The Bertz CT molecular complexity index is 708. The zero-order valence-electron chi connectivity index (χ0n) is 17.4. The van der Waals surface area contributed by atoms with E-state index < -0.39 is 18.4 Å². The molecule has 0 spiro atoms. The number of benzene rings is 1. The lowest BCUT2D eigenvalue weighted by Gasteiger charge is -2.26. The number of amides is 1. The van der Waals surface area contributed by atoms with Gasteiger partial charge in [-0.25, -0.2) is 0 Å². The zero-order valence-corrected chi connectivity index (χ0v) is 17.4. The molecule has 9 heteroatoms. The normalized spacial score (nSPS) is 17.7. The average molecular weight is 445 g/mol. The zero-order chi connectivity index (χ0) is 22.9. The first-order valence-electron chi connectivity index (χ1n) is 10.7. The summed E-state index contributed by atoms with van der Waals surface area (Å²) in [6.45, 7) is 0.646. The molecule has 1 aromatic rings. The van der Waals surface area contributed by atoms with E-state index in [1.165, 1.54) is 24.3 Å². The van der Waals surface area contributed by atoms with Gasteiger partial charge in [0.25, 0.3) is 0 Å². The van der Waals surface area contributed by atoms with Gasteiger partial charge in [-0.2, -0.15) is 0 Å². The first-order valence-corrected chi connectivity index (χ1v) is 10.7. The minimum Gasteiger partial charge on any atom is -0.481 e. The lowest BCUT2D eigenvalue weighted by molar-refractivity contribution is -0.274. The molecule has 0 aliphatic carbocycles. The van der Waals surface area contributed by atoms with E-state index in [-0.39, 0.29) is 24.1 Å². The molecule has 0 saturated carbocycles. The second-order valence-electron chi connectivity index (χ2n) is 7.96. The predicted molar refractivity (Wildman–Crippen MR) is 108 cm³/mol. The first kappa shape index (κ1) is 25.0. The monoisotopic (exact) mass is 445 g/mol. The SMILES string of the molecule is O=C(O)CCCCCCN1C(=O)CC[C@@H]1CC[C@H](O)Cc1ccc(OC(F)(F)F)cc1. The molecule has 1 aliphatic heterocycles. The second-order valence-corrected chi connectivity index (χ2v) is 7.96. The smallest absolute Gasteiger partial charge is 0.481 e. The molecule has 174 valence electrons. The van der Waals surface area contributed by atoms with Gasteiger partial charge in [-0.3, -0.25) is 9.59 Å². The standard InChI is InChI=1S/C22H30F3NO5/c23-22(24,25)31-19-11-6-16(7-12-19)15-18(27)10-8-17-9-13-20(28)26(17)14-4-2-1-3-5-21(29)30/h6-7,11-12,17-18,27H,1-5,8-10,13-15H2,(H,29,30)/t17-,18-/m0/s1. The third-order valence-electron chi connectivity index (χ3n) is 5.45. The van der Waals surface area contributed by atoms with E-state index in [4.69, 9.17) is 5.11 Å². The highest BCUT2D eigenvalue weighted by atomic mass is 19.4. The summed E-state index contributed by atoms with van der Waals surface area (Å²) in [7, 11) is 0. The number of ether oxygens (including phenoxy) is 1. The van der Waals surface area contributed by atoms with E-state index in [2.05, 4.69) is 4.74 Å². The number of hydrogen-bond donors (Lipinski definition) is 2. The number of aliphatic hydroxyl groups excluding tert-OH is 1. The van der Waals surface area contributed by atoms with Crippen molar-refractivity contribution in [2.45, 2.75) is 82.7 Å². The van der Waals surface area contributed by atoms with Crippen LogP contribution in [-0.4, -0.2) is 52.0 Å². The van der Waals surface area contributed by atoms with E-state index in [0.717, 1.165) is 25.7 Å². The van der Waals surface area contributed by atoms with E-state index in [1.807, 2.05) is 4.90 Å². The predicted octanol–water partition coefficient (Wildman–Crippen LogP) is 4.29. The van der Waals surface area contributed by atoms with Gasteiger partial charge in [0.15, 0.2) is 0 Å². The van der Waals surface area contributed by atoms with Crippen LogP contribution in [0.1, 0.15) is 63.4 Å². The third-order valence-corrected chi connectivity index (χ3v) is 5.45. The van der Waals surface area contributed by atoms with Gasteiger partial charge in [0.2, 0.25) is 5.91 Å². The van der Waals surface area contributed by atoms with Crippen LogP contribution in [0.2, 0.25) is 0 Å². The molecule has 2 N–H and O–H groups in total. The van der Waals surface area contributed by atoms with E-state index in [9.17, 15) is 27.9 Å². The number of carbonyl (C=O) groups excluding carboxylic acids is 1. The first-order chi connectivity index (χ1) is 14.6. The van der Waals surface area contributed by atoms with Gasteiger partial charge in [0.05, 0.1) is 6.10 Å². The van der Waals surface area contributed by atoms with Gasteiger partial charge >= 0.3 is 12.3 Å². The summed E-state index contributed by atoms with van der Waals surface area (Å²) in [6.07, 6.45) is 0.693. The lowest BCUT2D eigenvalue weighted by Crippen LogP contribution is -2.34. The summed E-state index contributed by atoms with van der Waals surface area (Å²) in [6, 6.07) is 5.54. The highest BCUT2D eigenvalue weighted by molar-refractivity contribution is 5.78. The number of rotatable bonds is 13. The number of unbranched alkanes of at least 4 members (excludes halogenated alkanes) is 3. The Balaban J connectivity index is 1.71. The van der Waals surface area contributed by atoms with Crippen molar-refractivity contribution in [2.75, 3.05) is 6.54 Å². The Morgan fingerprint density at radius 2 is 1.84 bits per heavy atom. The lowest BCUT2D eigenvalue weighted by atomic mass is 10.0. The van der Waals surface area contributed by atoms with Crippen molar-refractivity contribution in [3.05, 3.63) is 29.8 Å². The van der Waals surface area contributed by atoms with Crippen LogP contribution in [-0.2, 0) is 16.0 Å². The minimum absolute atomic E-state index is 0.0868. The second kappa shape index (κ2) is 11.9. The fourth-order valence-corrected chi connectivity index (χ4v) is 3.90. The number of halogens is 3. The van der Waals surface area contributed by atoms with E-state index in [1.54, 1.807) is 0 Å². The van der Waals surface area contributed by atoms with Crippen LogP contribution in [0.3, 0.4) is 0 Å². The number of carbonyl (C=O) groups is 2. The summed E-state index contributed by atoms with van der Waals surface area (Å²) in [5.74, 6) is -0.974. The van der Waals surface area contributed by atoms with Crippen molar-refractivity contribution in [1.29, 1.82) is 0 Å². The number of aliphatic carboxylic acids is 1. The van der Waals surface area contributed by atoms with Crippen molar-refractivity contribution in [3.63, 3.8) is 0 Å². The molecule has 0 bridgehead atoms. The Labute approximate surface area is 180 Å². The van der Waals surface area contributed by atoms with Gasteiger partial charge in [-0.1, -0.05) is 25.0 Å². The van der Waals surface area contributed by atoms with Gasteiger partial charge in [0, 0.05) is 25.4 Å². The Hall–Kier alpha value is -2.29. The third kappa shape index (κ3) is 9.59. The number of carboxylic acids is 1. The minimum atomic E-state index is -4.73. The van der Waals surface area contributed by atoms with Crippen molar-refractivity contribution in [1.82, 2.24) is 4.90 Å². The van der Waals surface area contributed by atoms with Crippen molar-refractivity contribution >= 4 is 11.9 Å². The summed E-state index contributed by atoms with van der Waals surface area (Å²) < 4.78 is 40.5. The molecular weight excluding hydrogens is 415 g/mol. The van der Waals surface area contributed by atoms with Crippen LogP contribution in [0, 0.1) is 0 Å². The molecule has 1 aromatic carbocycles. The van der Waals surface area contributed by atoms with Gasteiger partial charge in [-0.15, -0.1) is 13.2 Å². The largest absolute Gasteiger partial charge is 0.573 e. The van der Waals surface area contributed by atoms with Crippen LogP contribution < -0.4 is 4.74 Å². The summed E-state index contributed by atoms with van der Waals surface area (Å²) in [4.78, 5) is 24.5. The molecule has 2 rings (SSSR count). The fourth-order valence-electron chi connectivity index (χ4n) is 3.90. The number of nitrogens with zero attached hydrogens (tertiary/aromatic N) is 1. The Morgan fingerprint density at radius 3 is 2.48 bits per heavy atom. The average Bonchev–Trinajstić information content (AvgIpc) is 3.03. The van der Waals surface area contributed by atoms with E-state index in [0.29, 0.717) is 44.2 Å². The molecule has 6 nitrogen and oxygen atoms in total. The molecule has 1 aliphatic rings. The van der Waals surface area contributed by atoms with Crippen molar-refractivity contribution in [3.8, 4) is 5.75 Å². The van der Waals surface area contributed by atoms with Crippen LogP contribution in [0.5, 0.6) is 5.75 Å². The van der Waals surface area contributed by atoms with Crippen LogP contribution in [0.4, 0.5) is 13.2 Å². The summed E-state index contributed by atoms with van der Waals surface area (Å²) in [5.41, 5.74) is 0.711. The Morgan fingerprint density at radius 1 is 1.16 bits per heavy atom. The molecule has 0 unspecified atom stereocenters. The van der Waals surface area contributed by atoms with Gasteiger partial charge in [0.1, 0.15) is 5.75 Å². The highest BCUT2D eigenvalue weighted by Gasteiger charge is 2.31. The quantitative estimate of drug-likeness (QED) is 0.442. The summed E-state index contributed by atoms with van der Waals surface area (Å²) >= 11 is 0. The number of alkyl halides is 3. The molecule has 0 aromatic heterocycles. The molecule has 1 heterocycles. The van der Waals surface area contributed by atoms with E-state index >= 15 is 0 Å². The highest BCUT2D eigenvalue weighted by Crippen LogP contribution is 2.26. The van der Waals surface area contributed by atoms with Crippen molar-refractivity contribution < 1.29 is 37.7 Å². The molecule has 31 heavy (non-hydrogen) atoms. The van der Waals surface area contributed by atoms with Gasteiger partial charge < -0.3 is 19.8 Å². The molecule has 1 amide bonds. The maximum absolute atomic E-state index is 12.2. The molecule has 0 radical (unpaired) electrons. The Kier molecular flexibility index (Phi) is 9.61. The molecule has 2 atom stereocenters.